The highest BCUT2D eigenvalue weighted by Crippen LogP contribution is 2.39. The van der Waals surface area contributed by atoms with Gasteiger partial charge in [-0.05, 0) is 37.5 Å². The van der Waals surface area contributed by atoms with Crippen LogP contribution in [-0.2, 0) is 14.6 Å². The largest absolute Gasteiger partial charge is 0.363 e. The van der Waals surface area contributed by atoms with Crippen molar-refractivity contribution in [2.75, 3.05) is 6.61 Å². The van der Waals surface area contributed by atoms with E-state index in [1.54, 1.807) is 18.2 Å². The van der Waals surface area contributed by atoms with E-state index in [1.807, 2.05) is 26.0 Å². The lowest BCUT2D eigenvalue weighted by Gasteiger charge is -2.37. The van der Waals surface area contributed by atoms with Crippen molar-refractivity contribution in [3.05, 3.63) is 29.8 Å². The SMILES string of the molecule is CCC1(S(=O)(=O)c2cccc(C)c2)CCOC(C#N)C1. The Balaban J connectivity index is 2.47. The zero-order valence-electron chi connectivity index (χ0n) is 11.8. The molecule has 1 fully saturated rings. The molecule has 0 N–H and O–H groups in total. The Morgan fingerprint density at radius 2 is 2.25 bits per heavy atom. The molecule has 1 aromatic rings. The van der Waals surface area contributed by atoms with Crippen LogP contribution in [0.4, 0.5) is 0 Å². The molecule has 2 atom stereocenters. The Labute approximate surface area is 120 Å². The van der Waals surface area contributed by atoms with Crippen LogP contribution in [0, 0.1) is 18.3 Å². The van der Waals surface area contributed by atoms with Gasteiger partial charge >= 0.3 is 0 Å². The Morgan fingerprint density at radius 1 is 1.50 bits per heavy atom. The lowest BCUT2D eigenvalue weighted by atomic mass is 9.92. The number of aryl methyl sites for hydroxylation is 1. The fourth-order valence-corrected chi connectivity index (χ4v) is 4.96. The van der Waals surface area contributed by atoms with Gasteiger partial charge < -0.3 is 4.74 Å². The van der Waals surface area contributed by atoms with Crippen LogP contribution in [0.15, 0.2) is 29.2 Å². The van der Waals surface area contributed by atoms with E-state index in [2.05, 4.69) is 0 Å². The first-order chi connectivity index (χ1) is 9.45. The maximum atomic E-state index is 13.0. The zero-order valence-corrected chi connectivity index (χ0v) is 12.6. The summed E-state index contributed by atoms with van der Waals surface area (Å²) in [5.41, 5.74) is 0.918. The van der Waals surface area contributed by atoms with Gasteiger partial charge in [0, 0.05) is 13.0 Å². The second-order valence-corrected chi connectivity index (χ2v) is 7.64. The topological polar surface area (TPSA) is 67.2 Å². The third-order valence-corrected chi connectivity index (χ3v) is 6.77. The first-order valence-electron chi connectivity index (χ1n) is 6.78. The molecule has 1 saturated heterocycles. The smallest absolute Gasteiger partial charge is 0.184 e. The number of benzene rings is 1. The quantitative estimate of drug-likeness (QED) is 0.859. The van der Waals surface area contributed by atoms with E-state index in [0.29, 0.717) is 24.3 Å². The predicted octanol–water partition coefficient (Wildman–Crippen LogP) is 2.62. The van der Waals surface area contributed by atoms with Gasteiger partial charge in [0.1, 0.15) is 6.10 Å². The Morgan fingerprint density at radius 3 is 2.85 bits per heavy atom. The second kappa shape index (κ2) is 5.55. The predicted molar refractivity (Wildman–Crippen MR) is 76.0 cm³/mol. The zero-order chi connectivity index (χ0) is 14.8. The van der Waals surface area contributed by atoms with Gasteiger partial charge in [-0.3, -0.25) is 0 Å². The molecule has 0 aliphatic carbocycles. The summed E-state index contributed by atoms with van der Waals surface area (Å²) in [6, 6.07) is 9.01. The summed E-state index contributed by atoms with van der Waals surface area (Å²) in [5.74, 6) is 0. The maximum absolute atomic E-state index is 13.0. The van der Waals surface area contributed by atoms with Crippen LogP contribution < -0.4 is 0 Å². The van der Waals surface area contributed by atoms with Gasteiger partial charge in [-0.25, -0.2) is 8.42 Å². The van der Waals surface area contributed by atoms with Gasteiger partial charge in [0.25, 0.3) is 0 Å². The Kier molecular flexibility index (Phi) is 4.17. The van der Waals surface area contributed by atoms with E-state index in [1.165, 1.54) is 0 Å². The van der Waals surface area contributed by atoms with Crippen LogP contribution in [0.25, 0.3) is 0 Å². The van der Waals surface area contributed by atoms with Gasteiger partial charge in [0.05, 0.1) is 15.7 Å². The van der Waals surface area contributed by atoms with E-state index < -0.39 is 20.7 Å². The molecule has 0 aromatic heterocycles. The van der Waals surface area contributed by atoms with Crippen molar-refractivity contribution >= 4 is 9.84 Å². The molecule has 108 valence electrons. The molecule has 1 aliphatic rings. The maximum Gasteiger partial charge on any atom is 0.184 e. The van der Waals surface area contributed by atoms with Crippen LogP contribution in [0.1, 0.15) is 31.7 Å². The molecule has 1 aliphatic heterocycles. The van der Waals surface area contributed by atoms with Crippen molar-refractivity contribution in [3.63, 3.8) is 0 Å². The number of rotatable bonds is 3. The van der Waals surface area contributed by atoms with E-state index in [0.717, 1.165) is 5.56 Å². The number of nitrogens with zero attached hydrogens (tertiary/aromatic N) is 1. The van der Waals surface area contributed by atoms with Crippen molar-refractivity contribution in [2.24, 2.45) is 0 Å². The van der Waals surface area contributed by atoms with Crippen molar-refractivity contribution in [3.8, 4) is 6.07 Å². The number of hydrogen-bond donors (Lipinski definition) is 0. The molecule has 1 aromatic carbocycles. The summed E-state index contributed by atoms with van der Waals surface area (Å²) in [7, 11) is -3.47. The highest BCUT2D eigenvalue weighted by molar-refractivity contribution is 7.92. The van der Waals surface area contributed by atoms with Gasteiger partial charge in [0.15, 0.2) is 9.84 Å². The number of sulfone groups is 1. The standard InChI is InChI=1S/C15H19NO3S/c1-3-15(7-8-19-13(10-15)11-16)20(17,18)14-6-4-5-12(2)9-14/h4-6,9,13H,3,7-8,10H2,1-2H3. The third kappa shape index (κ3) is 2.46. The summed E-state index contributed by atoms with van der Waals surface area (Å²) >= 11 is 0. The van der Waals surface area contributed by atoms with Gasteiger partial charge in [-0.15, -0.1) is 0 Å². The van der Waals surface area contributed by atoms with Crippen molar-refractivity contribution < 1.29 is 13.2 Å². The molecule has 20 heavy (non-hydrogen) atoms. The highest BCUT2D eigenvalue weighted by atomic mass is 32.2. The molecule has 0 bridgehead atoms. The number of hydrogen-bond acceptors (Lipinski definition) is 4. The van der Waals surface area contributed by atoms with Crippen molar-refractivity contribution in [1.29, 1.82) is 5.26 Å². The summed E-state index contributed by atoms with van der Waals surface area (Å²) in [5, 5.41) is 9.03. The average Bonchev–Trinajstić information content (AvgIpc) is 2.47. The summed E-state index contributed by atoms with van der Waals surface area (Å²) in [6.07, 6.45) is 0.544. The second-order valence-electron chi connectivity index (χ2n) is 5.30. The van der Waals surface area contributed by atoms with E-state index in [4.69, 9.17) is 10.00 Å². The summed E-state index contributed by atoms with van der Waals surface area (Å²) in [4.78, 5) is 0.345. The van der Waals surface area contributed by atoms with Gasteiger partial charge in [0.2, 0.25) is 0 Å². The van der Waals surface area contributed by atoms with Gasteiger partial charge in [-0.1, -0.05) is 19.1 Å². The minimum absolute atomic E-state index is 0.246. The number of ether oxygens (including phenoxy) is 1. The van der Waals surface area contributed by atoms with Crippen LogP contribution in [-0.4, -0.2) is 25.9 Å². The lowest BCUT2D eigenvalue weighted by molar-refractivity contribution is 0.0307. The van der Waals surface area contributed by atoms with Crippen molar-refractivity contribution in [2.45, 2.75) is 48.9 Å². The first-order valence-corrected chi connectivity index (χ1v) is 8.26. The third-order valence-electron chi connectivity index (χ3n) is 4.09. The van der Waals surface area contributed by atoms with Crippen LogP contribution in [0.2, 0.25) is 0 Å². The molecule has 5 heteroatoms. The Hall–Kier alpha value is -1.38. The average molecular weight is 293 g/mol. The molecular weight excluding hydrogens is 274 g/mol. The minimum atomic E-state index is -3.47. The lowest BCUT2D eigenvalue weighted by Crippen LogP contribution is -2.46. The van der Waals surface area contributed by atoms with Crippen LogP contribution >= 0.6 is 0 Å². The summed E-state index contributed by atoms with van der Waals surface area (Å²) in [6.45, 7) is 4.06. The highest BCUT2D eigenvalue weighted by Gasteiger charge is 2.47. The van der Waals surface area contributed by atoms with Crippen LogP contribution in [0.3, 0.4) is 0 Å². The van der Waals surface area contributed by atoms with Crippen molar-refractivity contribution in [1.82, 2.24) is 0 Å². The monoisotopic (exact) mass is 293 g/mol. The summed E-state index contributed by atoms with van der Waals surface area (Å²) < 4.78 is 30.4. The fourth-order valence-electron chi connectivity index (χ4n) is 2.76. The Bertz CT molecular complexity index is 633. The van der Waals surface area contributed by atoms with E-state index >= 15 is 0 Å². The molecule has 0 spiro atoms. The van der Waals surface area contributed by atoms with Gasteiger partial charge in [-0.2, -0.15) is 5.26 Å². The molecule has 2 rings (SSSR count). The minimum Gasteiger partial charge on any atom is -0.363 e. The van der Waals surface area contributed by atoms with E-state index in [-0.39, 0.29) is 6.42 Å². The molecule has 0 amide bonds. The fraction of sp³-hybridized carbons (Fsp3) is 0.533. The normalized spacial score (nSPS) is 26.9. The van der Waals surface area contributed by atoms with E-state index in [9.17, 15) is 8.42 Å². The molecular formula is C15H19NO3S. The number of nitriles is 1. The molecule has 4 nitrogen and oxygen atoms in total. The molecule has 1 heterocycles. The molecule has 0 saturated carbocycles. The molecule has 0 radical (unpaired) electrons. The first kappa shape index (κ1) is 15.0. The molecule has 2 unspecified atom stereocenters. The van der Waals surface area contributed by atoms with Crippen LogP contribution in [0.5, 0.6) is 0 Å².